The second kappa shape index (κ2) is 8.75. The fourth-order valence-electron chi connectivity index (χ4n) is 3.27. The lowest BCUT2D eigenvalue weighted by Gasteiger charge is -2.18. The van der Waals surface area contributed by atoms with Gasteiger partial charge >= 0.3 is 0 Å². The summed E-state index contributed by atoms with van der Waals surface area (Å²) in [5.41, 5.74) is 3.54. The molecular formula is C21H27N3O3S. The molecule has 0 radical (unpaired) electrons. The van der Waals surface area contributed by atoms with E-state index in [1.165, 1.54) is 12.8 Å². The molecule has 0 aliphatic carbocycles. The van der Waals surface area contributed by atoms with Crippen LogP contribution in [0.3, 0.4) is 0 Å². The van der Waals surface area contributed by atoms with Crippen LogP contribution in [0.2, 0.25) is 0 Å². The number of aryl methyl sites for hydroxylation is 1. The number of benzene rings is 2. The van der Waals surface area contributed by atoms with Crippen LogP contribution in [0.1, 0.15) is 36.5 Å². The highest BCUT2D eigenvalue weighted by Gasteiger charge is 2.16. The molecule has 1 heterocycles. The molecule has 1 aliphatic heterocycles. The molecule has 1 N–H and O–H groups in total. The van der Waals surface area contributed by atoms with Crippen molar-refractivity contribution in [3.63, 3.8) is 0 Å². The van der Waals surface area contributed by atoms with Gasteiger partial charge in [0, 0.05) is 12.1 Å². The van der Waals surface area contributed by atoms with E-state index in [-0.39, 0.29) is 4.90 Å². The van der Waals surface area contributed by atoms with Gasteiger partial charge in [-0.15, -0.1) is 0 Å². The van der Waals surface area contributed by atoms with Crippen molar-refractivity contribution in [2.24, 2.45) is 5.10 Å². The number of hydrogen-bond donors (Lipinski definition) is 1. The van der Waals surface area contributed by atoms with Crippen LogP contribution in [0, 0.1) is 6.92 Å². The Morgan fingerprint density at radius 3 is 2.46 bits per heavy atom. The molecule has 0 atom stereocenters. The Kier molecular flexibility index (Phi) is 6.36. The van der Waals surface area contributed by atoms with Gasteiger partial charge in [0.05, 0.1) is 17.7 Å². The number of nitrogens with zero attached hydrogens (tertiary/aromatic N) is 2. The van der Waals surface area contributed by atoms with E-state index in [1.54, 1.807) is 38.3 Å². The summed E-state index contributed by atoms with van der Waals surface area (Å²) in [6, 6.07) is 12.5. The number of hydrogen-bond acceptors (Lipinski definition) is 5. The summed E-state index contributed by atoms with van der Waals surface area (Å²) in [7, 11) is -2.03. The van der Waals surface area contributed by atoms with Crippen LogP contribution in [0.15, 0.2) is 52.5 Å². The van der Waals surface area contributed by atoms with Crippen molar-refractivity contribution >= 4 is 15.7 Å². The van der Waals surface area contributed by atoms with E-state index in [0.29, 0.717) is 5.71 Å². The Balaban J connectivity index is 1.78. The molecule has 2 aromatic carbocycles. The molecule has 0 unspecified atom stereocenters. The first-order valence-corrected chi connectivity index (χ1v) is 10.9. The molecule has 0 amide bonds. The lowest BCUT2D eigenvalue weighted by molar-refractivity contribution is 0.321. The first-order chi connectivity index (χ1) is 13.4. The maximum Gasteiger partial charge on any atom is 0.276 e. The van der Waals surface area contributed by atoms with Crippen molar-refractivity contribution in [3.8, 4) is 5.75 Å². The lowest BCUT2D eigenvalue weighted by Crippen LogP contribution is -2.20. The molecule has 2 aromatic rings. The van der Waals surface area contributed by atoms with Gasteiger partial charge in [-0.3, -0.25) is 4.90 Å². The van der Waals surface area contributed by atoms with Crippen LogP contribution < -0.4 is 9.57 Å². The van der Waals surface area contributed by atoms with Crippen molar-refractivity contribution in [2.75, 3.05) is 20.2 Å². The predicted molar refractivity (Wildman–Crippen MR) is 111 cm³/mol. The maximum absolute atomic E-state index is 12.4. The van der Waals surface area contributed by atoms with Gasteiger partial charge in [-0.25, -0.2) is 0 Å². The minimum Gasteiger partial charge on any atom is -0.496 e. The summed E-state index contributed by atoms with van der Waals surface area (Å²) in [4.78, 5) is 4.92. The fourth-order valence-corrected chi connectivity index (χ4v) is 4.13. The normalized spacial score (nSPS) is 15.6. The monoisotopic (exact) mass is 401 g/mol. The third-order valence-electron chi connectivity index (χ3n) is 4.96. The molecule has 6 nitrogen and oxygen atoms in total. The minimum atomic E-state index is -3.69. The number of sulfonamides is 1. The van der Waals surface area contributed by atoms with E-state index in [9.17, 15) is 8.42 Å². The SMILES string of the molecule is COc1ccc(/C(C)=N\NS(=O)(=O)c2ccc(C)cc2)cc1CN1CCCC1. The highest BCUT2D eigenvalue weighted by atomic mass is 32.2. The zero-order valence-electron chi connectivity index (χ0n) is 16.6. The van der Waals surface area contributed by atoms with Gasteiger partial charge < -0.3 is 4.74 Å². The number of nitrogens with one attached hydrogen (secondary N) is 1. The van der Waals surface area contributed by atoms with Crippen molar-refractivity contribution in [2.45, 2.75) is 38.1 Å². The molecule has 0 aromatic heterocycles. The van der Waals surface area contributed by atoms with Gasteiger partial charge in [-0.05, 0) is 75.7 Å². The second-order valence-corrected chi connectivity index (χ2v) is 8.78. The summed E-state index contributed by atoms with van der Waals surface area (Å²) in [5.74, 6) is 0.837. The van der Waals surface area contributed by atoms with Gasteiger partial charge in [0.2, 0.25) is 0 Å². The van der Waals surface area contributed by atoms with Crippen molar-refractivity contribution in [1.82, 2.24) is 9.73 Å². The van der Waals surface area contributed by atoms with Gasteiger partial charge in [-0.2, -0.15) is 18.4 Å². The highest BCUT2D eigenvalue weighted by Crippen LogP contribution is 2.24. The lowest BCUT2D eigenvalue weighted by atomic mass is 10.1. The number of ether oxygens (including phenoxy) is 1. The second-order valence-electron chi connectivity index (χ2n) is 7.11. The minimum absolute atomic E-state index is 0.194. The molecule has 150 valence electrons. The van der Waals surface area contributed by atoms with Crippen LogP contribution in [0.25, 0.3) is 0 Å². The third-order valence-corrected chi connectivity index (χ3v) is 6.18. The maximum atomic E-state index is 12.4. The molecule has 0 spiro atoms. The van der Waals surface area contributed by atoms with Crippen LogP contribution in [-0.2, 0) is 16.6 Å². The van der Waals surface area contributed by atoms with Crippen molar-refractivity contribution in [3.05, 3.63) is 59.2 Å². The summed E-state index contributed by atoms with van der Waals surface area (Å²) < 4.78 is 30.4. The van der Waals surface area contributed by atoms with Crippen molar-refractivity contribution < 1.29 is 13.2 Å². The summed E-state index contributed by atoms with van der Waals surface area (Å²) in [5, 5.41) is 4.12. The van der Waals surface area contributed by atoms with Crippen LogP contribution in [-0.4, -0.2) is 39.2 Å². The number of methoxy groups -OCH3 is 1. The Morgan fingerprint density at radius 2 is 1.82 bits per heavy atom. The van der Waals surface area contributed by atoms with Gasteiger partial charge in [0.1, 0.15) is 5.75 Å². The Hall–Kier alpha value is -2.38. The average Bonchev–Trinajstić information content (AvgIpc) is 3.19. The largest absolute Gasteiger partial charge is 0.496 e. The van der Waals surface area contributed by atoms with Crippen LogP contribution >= 0.6 is 0 Å². The van der Waals surface area contributed by atoms with Crippen LogP contribution in [0.4, 0.5) is 0 Å². The standard InChI is InChI=1S/C21H27N3O3S/c1-16-6-9-20(10-7-16)28(25,26)23-22-17(2)18-8-11-21(27-3)19(14-18)15-24-12-4-5-13-24/h6-11,14,23H,4-5,12-13,15H2,1-3H3/b22-17-. The number of hydrazone groups is 1. The molecule has 0 bridgehead atoms. The van der Waals surface area contributed by atoms with E-state index in [4.69, 9.17) is 4.74 Å². The molecule has 1 fully saturated rings. The molecular weight excluding hydrogens is 374 g/mol. The van der Waals surface area contributed by atoms with E-state index >= 15 is 0 Å². The van der Waals surface area contributed by atoms with E-state index in [0.717, 1.165) is 42.1 Å². The summed E-state index contributed by atoms with van der Waals surface area (Å²) in [6.07, 6.45) is 2.45. The van der Waals surface area contributed by atoms with Gasteiger partial charge in [0.25, 0.3) is 10.0 Å². The molecule has 3 rings (SSSR count). The first kappa shape index (κ1) is 20.4. The Morgan fingerprint density at radius 1 is 1.14 bits per heavy atom. The predicted octanol–water partition coefficient (Wildman–Crippen LogP) is 3.30. The number of rotatable bonds is 7. The zero-order valence-corrected chi connectivity index (χ0v) is 17.4. The van der Waals surface area contributed by atoms with E-state index in [2.05, 4.69) is 14.8 Å². The third kappa shape index (κ3) is 4.91. The molecule has 0 saturated carbocycles. The number of likely N-dealkylation sites (tertiary alicyclic amines) is 1. The fraction of sp³-hybridized carbons (Fsp3) is 0.381. The van der Waals surface area contributed by atoms with Gasteiger partial charge in [0.15, 0.2) is 0 Å². The van der Waals surface area contributed by atoms with E-state index < -0.39 is 10.0 Å². The highest BCUT2D eigenvalue weighted by molar-refractivity contribution is 7.89. The molecule has 1 saturated heterocycles. The van der Waals surface area contributed by atoms with Crippen LogP contribution in [0.5, 0.6) is 5.75 Å². The van der Waals surface area contributed by atoms with Gasteiger partial charge in [-0.1, -0.05) is 17.7 Å². The smallest absolute Gasteiger partial charge is 0.276 e. The Labute approximate surface area is 167 Å². The quantitative estimate of drug-likeness (QED) is 0.571. The molecule has 1 aliphatic rings. The summed E-state index contributed by atoms with van der Waals surface area (Å²) in [6.45, 7) is 6.71. The summed E-state index contributed by atoms with van der Waals surface area (Å²) >= 11 is 0. The van der Waals surface area contributed by atoms with E-state index in [1.807, 2.05) is 25.1 Å². The molecule has 28 heavy (non-hydrogen) atoms. The average molecular weight is 402 g/mol. The zero-order chi connectivity index (χ0) is 20.1. The Bertz CT molecular complexity index is 947. The topological polar surface area (TPSA) is 71.0 Å². The first-order valence-electron chi connectivity index (χ1n) is 9.41. The van der Waals surface area contributed by atoms with Crippen molar-refractivity contribution in [1.29, 1.82) is 0 Å². The molecule has 7 heteroatoms.